The van der Waals surface area contributed by atoms with Crippen molar-refractivity contribution in [2.24, 2.45) is 7.05 Å². The number of hydrogen-bond acceptors (Lipinski definition) is 8. The molecule has 0 spiro atoms. The molecular formula is C19H18N4O5S. The molecule has 0 aliphatic heterocycles. The summed E-state index contributed by atoms with van der Waals surface area (Å²) in [5.74, 6) is -0.0198. The van der Waals surface area contributed by atoms with Crippen LogP contribution in [0.5, 0.6) is 11.5 Å². The van der Waals surface area contributed by atoms with Crippen LogP contribution in [-0.2, 0) is 7.05 Å². The lowest BCUT2D eigenvalue weighted by Crippen LogP contribution is -2.10. The fraction of sp³-hybridized carbons (Fsp3) is 0.211. The zero-order chi connectivity index (χ0) is 20.8. The lowest BCUT2D eigenvalue weighted by molar-refractivity contribution is -0.387. The first kappa shape index (κ1) is 20.3. The number of rotatable bonds is 8. The molecule has 0 saturated carbocycles. The highest BCUT2D eigenvalue weighted by molar-refractivity contribution is 7.99. The van der Waals surface area contributed by atoms with Crippen molar-refractivity contribution >= 4 is 23.4 Å². The van der Waals surface area contributed by atoms with E-state index in [0.717, 1.165) is 18.2 Å². The Bertz CT molecular complexity index is 1040. The summed E-state index contributed by atoms with van der Waals surface area (Å²) in [4.78, 5) is 23.9. The van der Waals surface area contributed by atoms with Crippen LogP contribution in [0.1, 0.15) is 23.7 Å². The first-order chi connectivity index (χ1) is 14.0. The van der Waals surface area contributed by atoms with Crippen molar-refractivity contribution in [3.8, 4) is 11.5 Å². The van der Waals surface area contributed by atoms with Gasteiger partial charge in [0.1, 0.15) is 6.33 Å². The van der Waals surface area contributed by atoms with Gasteiger partial charge in [-0.15, -0.1) is 10.2 Å². The average Bonchev–Trinajstić information content (AvgIpc) is 3.12. The van der Waals surface area contributed by atoms with Crippen molar-refractivity contribution in [3.05, 3.63) is 64.5 Å². The minimum Gasteiger partial charge on any atom is -0.490 e. The number of carbonyl (C=O) groups excluding carboxylic acids is 1. The quantitative estimate of drug-likeness (QED) is 0.236. The first-order valence-corrected chi connectivity index (χ1v) is 9.55. The first-order valence-electron chi connectivity index (χ1n) is 8.74. The highest BCUT2D eigenvalue weighted by Crippen LogP contribution is 2.35. The second kappa shape index (κ2) is 9.20. The number of nitro groups is 1. The SMILES string of the molecule is CCCOc1ccccc1OC(=O)c1ccc(Sc2nncn2C)c([N+](=O)[O-])c1. The number of nitro benzene ring substituents is 1. The van der Waals surface area contributed by atoms with Crippen LogP contribution in [0, 0.1) is 10.1 Å². The number of aryl methyl sites for hydroxylation is 1. The number of nitrogens with zero attached hydrogens (tertiary/aromatic N) is 4. The van der Waals surface area contributed by atoms with E-state index in [9.17, 15) is 14.9 Å². The molecule has 0 fully saturated rings. The van der Waals surface area contributed by atoms with Crippen LogP contribution >= 0.6 is 11.8 Å². The Morgan fingerprint density at radius 2 is 2.00 bits per heavy atom. The Hall–Kier alpha value is -3.40. The van der Waals surface area contributed by atoms with Crippen LogP contribution in [0.2, 0.25) is 0 Å². The number of para-hydroxylation sites is 2. The Morgan fingerprint density at radius 1 is 1.24 bits per heavy atom. The third-order valence-corrected chi connectivity index (χ3v) is 4.89. The van der Waals surface area contributed by atoms with E-state index < -0.39 is 10.9 Å². The highest BCUT2D eigenvalue weighted by Gasteiger charge is 2.21. The molecular weight excluding hydrogens is 396 g/mol. The molecule has 0 atom stereocenters. The minimum absolute atomic E-state index is 0.0595. The van der Waals surface area contributed by atoms with Gasteiger partial charge in [-0.25, -0.2) is 4.79 Å². The average molecular weight is 414 g/mol. The van der Waals surface area contributed by atoms with Crippen molar-refractivity contribution in [2.75, 3.05) is 6.61 Å². The van der Waals surface area contributed by atoms with Gasteiger partial charge >= 0.3 is 5.97 Å². The molecule has 29 heavy (non-hydrogen) atoms. The molecule has 1 aromatic heterocycles. The molecule has 0 saturated heterocycles. The molecule has 0 N–H and O–H groups in total. The van der Waals surface area contributed by atoms with E-state index in [0.29, 0.717) is 22.4 Å². The summed E-state index contributed by atoms with van der Waals surface area (Å²) < 4.78 is 12.6. The topological polar surface area (TPSA) is 109 Å². The van der Waals surface area contributed by atoms with Crippen molar-refractivity contribution in [1.29, 1.82) is 0 Å². The molecule has 0 aliphatic carbocycles. The Morgan fingerprint density at radius 3 is 2.66 bits per heavy atom. The van der Waals surface area contributed by atoms with Gasteiger partial charge in [0.25, 0.3) is 5.69 Å². The molecule has 0 unspecified atom stereocenters. The molecule has 0 aliphatic rings. The van der Waals surface area contributed by atoms with Gasteiger partial charge in [-0.05, 0) is 42.4 Å². The summed E-state index contributed by atoms with van der Waals surface area (Å²) in [6.07, 6.45) is 2.30. The van der Waals surface area contributed by atoms with Gasteiger partial charge in [0.2, 0.25) is 0 Å². The van der Waals surface area contributed by atoms with Crippen LogP contribution in [0.4, 0.5) is 5.69 Å². The number of benzene rings is 2. The predicted octanol–water partition coefficient (Wildman–Crippen LogP) is 3.88. The van der Waals surface area contributed by atoms with Gasteiger partial charge in [0, 0.05) is 13.1 Å². The van der Waals surface area contributed by atoms with E-state index in [2.05, 4.69) is 10.2 Å². The normalized spacial score (nSPS) is 10.6. The molecule has 150 valence electrons. The van der Waals surface area contributed by atoms with Crippen LogP contribution < -0.4 is 9.47 Å². The van der Waals surface area contributed by atoms with E-state index >= 15 is 0 Å². The van der Waals surface area contributed by atoms with Gasteiger partial charge in [-0.3, -0.25) is 10.1 Å². The molecule has 0 radical (unpaired) electrons. The second-order valence-electron chi connectivity index (χ2n) is 5.95. The summed E-state index contributed by atoms with van der Waals surface area (Å²) in [7, 11) is 1.73. The maximum atomic E-state index is 12.6. The fourth-order valence-electron chi connectivity index (χ4n) is 2.36. The van der Waals surface area contributed by atoms with E-state index in [-0.39, 0.29) is 17.0 Å². The van der Waals surface area contributed by atoms with Crippen LogP contribution in [0.15, 0.2) is 58.8 Å². The van der Waals surface area contributed by atoms with Crippen molar-refractivity contribution in [3.63, 3.8) is 0 Å². The molecule has 9 nitrogen and oxygen atoms in total. The number of ether oxygens (including phenoxy) is 2. The predicted molar refractivity (Wildman–Crippen MR) is 105 cm³/mol. The number of carbonyl (C=O) groups is 1. The number of aromatic nitrogens is 3. The molecule has 10 heteroatoms. The molecule has 0 amide bonds. The zero-order valence-corrected chi connectivity index (χ0v) is 16.6. The highest BCUT2D eigenvalue weighted by atomic mass is 32.2. The molecule has 3 rings (SSSR count). The van der Waals surface area contributed by atoms with Gasteiger partial charge in [0.05, 0.1) is 22.0 Å². The Labute approximate surface area is 170 Å². The number of esters is 1. The molecule has 0 bridgehead atoms. The van der Waals surface area contributed by atoms with Gasteiger partial charge in [-0.1, -0.05) is 19.1 Å². The Balaban J connectivity index is 1.84. The van der Waals surface area contributed by atoms with Crippen molar-refractivity contribution in [2.45, 2.75) is 23.4 Å². The van der Waals surface area contributed by atoms with Crippen LogP contribution in [0.25, 0.3) is 0 Å². The molecule has 1 heterocycles. The standard InChI is InChI=1S/C19H18N4O5S/c1-3-10-27-15-6-4-5-7-16(15)28-18(24)13-8-9-17(14(11-13)23(25)26)29-19-21-20-12-22(19)2/h4-9,11-12H,3,10H2,1-2H3. The van der Waals surface area contributed by atoms with E-state index in [1.165, 1.54) is 24.5 Å². The zero-order valence-electron chi connectivity index (χ0n) is 15.8. The summed E-state index contributed by atoms with van der Waals surface area (Å²) in [6, 6.07) is 10.9. The second-order valence-corrected chi connectivity index (χ2v) is 6.96. The van der Waals surface area contributed by atoms with Gasteiger partial charge in [0.15, 0.2) is 16.7 Å². The minimum atomic E-state index is -0.712. The monoisotopic (exact) mass is 414 g/mol. The lowest BCUT2D eigenvalue weighted by Gasteiger charge is -2.11. The Kier molecular flexibility index (Phi) is 6.45. The smallest absolute Gasteiger partial charge is 0.343 e. The fourth-order valence-corrected chi connectivity index (χ4v) is 3.21. The number of hydrogen-bond donors (Lipinski definition) is 0. The molecule has 2 aromatic carbocycles. The third kappa shape index (κ3) is 4.91. The molecule has 3 aromatic rings. The summed E-state index contributed by atoms with van der Waals surface area (Å²) in [6.45, 7) is 2.45. The van der Waals surface area contributed by atoms with Crippen LogP contribution in [-0.4, -0.2) is 32.3 Å². The van der Waals surface area contributed by atoms with E-state index in [1.807, 2.05) is 6.92 Å². The van der Waals surface area contributed by atoms with Crippen molar-refractivity contribution < 1.29 is 19.2 Å². The third-order valence-electron chi connectivity index (χ3n) is 3.78. The maximum Gasteiger partial charge on any atom is 0.343 e. The van der Waals surface area contributed by atoms with Crippen LogP contribution in [0.3, 0.4) is 0 Å². The largest absolute Gasteiger partial charge is 0.490 e. The summed E-state index contributed by atoms with van der Waals surface area (Å²) >= 11 is 1.09. The van der Waals surface area contributed by atoms with Gasteiger partial charge < -0.3 is 14.0 Å². The van der Waals surface area contributed by atoms with E-state index in [1.54, 1.807) is 35.9 Å². The maximum absolute atomic E-state index is 12.6. The van der Waals surface area contributed by atoms with Crippen molar-refractivity contribution in [1.82, 2.24) is 14.8 Å². The summed E-state index contributed by atoms with van der Waals surface area (Å²) in [5.41, 5.74) is -0.160. The lowest BCUT2D eigenvalue weighted by atomic mass is 10.2. The summed E-state index contributed by atoms with van der Waals surface area (Å²) in [5, 5.41) is 19.7. The van der Waals surface area contributed by atoms with Gasteiger partial charge in [-0.2, -0.15) is 0 Å². The van der Waals surface area contributed by atoms with E-state index in [4.69, 9.17) is 9.47 Å².